The highest BCUT2D eigenvalue weighted by molar-refractivity contribution is 9.10. The Balaban J connectivity index is 2.14. The summed E-state index contributed by atoms with van der Waals surface area (Å²) >= 11 is 3.39. The van der Waals surface area contributed by atoms with Crippen LogP contribution < -0.4 is 14.8 Å². The maximum atomic E-state index is 13.7. The van der Waals surface area contributed by atoms with Gasteiger partial charge in [-0.1, -0.05) is 18.2 Å². The zero-order chi connectivity index (χ0) is 20.7. The number of hydrogen-bond acceptors (Lipinski definition) is 4. The van der Waals surface area contributed by atoms with Crippen LogP contribution >= 0.6 is 15.9 Å². The third kappa shape index (κ3) is 5.82. The Morgan fingerprint density at radius 2 is 2.04 bits per heavy atom. The van der Waals surface area contributed by atoms with Gasteiger partial charge in [-0.25, -0.2) is 4.39 Å². The van der Waals surface area contributed by atoms with Gasteiger partial charge in [0, 0.05) is 11.6 Å². The van der Waals surface area contributed by atoms with Crippen molar-refractivity contribution in [3.63, 3.8) is 0 Å². The second-order valence-electron chi connectivity index (χ2n) is 5.82. The lowest BCUT2D eigenvalue weighted by Gasteiger charge is -2.14. The molecular formula is C20H19BrFNO5. The van der Waals surface area contributed by atoms with Gasteiger partial charge in [0.2, 0.25) is 5.91 Å². The number of halogens is 2. The summed E-state index contributed by atoms with van der Waals surface area (Å²) in [6.07, 6.45) is 2.73. The summed E-state index contributed by atoms with van der Waals surface area (Å²) < 4.78 is 25.3. The minimum atomic E-state index is -1.12. The van der Waals surface area contributed by atoms with Crippen LogP contribution in [-0.4, -0.2) is 30.1 Å². The Kier molecular flexibility index (Phi) is 7.57. The first-order valence-corrected chi connectivity index (χ1v) is 9.06. The molecule has 0 radical (unpaired) electrons. The number of amides is 1. The lowest BCUT2D eigenvalue weighted by molar-refractivity contribution is -0.140. The van der Waals surface area contributed by atoms with E-state index in [0.717, 1.165) is 0 Å². The van der Waals surface area contributed by atoms with Crippen molar-refractivity contribution in [2.45, 2.75) is 19.6 Å². The minimum absolute atomic E-state index is 0.0201. The molecule has 0 aliphatic heterocycles. The van der Waals surface area contributed by atoms with Crippen LogP contribution in [0.5, 0.6) is 11.5 Å². The Morgan fingerprint density at radius 3 is 2.68 bits per heavy atom. The molecule has 0 heterocycles. The fraction of sp³-hybridized carbons (Fsp3) is 0.200. The molecule has 1 amide bonds. The highest BCUT2D eigenvalue weighted by Crippen LogP contribution is 2.37. The molecule has 0 unspecified atom stereocenters. The molecule has 28 heavy (non-hydrogen) atoms. The maximum Gasteiger partial charge on any atom is 0.325 e. The zero-order valence-corrected chi connectivity index (χ0v) is 16.8. The molecule has 6 nitrogen and oxygen atoms in total. The molecule has 0 aromatic heterocycles. The Morgan fingerprint density at radius 1 is 1.32 bits per heavy atom. The highest BCUT2D eigenvalue weighted by Gasteiger charge is 2.14. The molecule has 8 heteroatoms. The van der Waals surface area contributed by atoms with Crippen molar-refractivity contribution in [3.05, 3.63) is 63.9 Å². The van der Waals surface area contributed by atoms with Crippen molar-refractivity contribution < 1.29 is 28.6 Å². The van der Waals surface area contributed by atoms with Gasteiger partial charge in [0.1, 0.15) is 18.5 Å². The van der Waals surface area contributed by atoms with E-state index >= 15 is 0 Å². The third-order valence-electron chi connectivity index (χ3n) is 3.74. The van der Waals surface area contributed by atoms with Crippen molar-refractivity contribution in [2.75, 3.05) is 7.11 Å². The predicted octanol–water partition coefficient (Wildman–Crippen LogP) is 3.78. The normalized spacial score (nSPS) is 11.9. The highest BCUT2D eigenvalue weighted by atomic mass is 79.9. The van der Waals surface area contributed by atoms with E-state index in [2.05, 4.69) is 21.2 Å². The van der Waals surface area contributed by atoms with Crippen molar-refractivity contribution >= 4 is 33.9 Å². The van der Waals surface area contributed by atoms with Gasteiger partial charge in [-0.2, -0.15) is 0 Å². The Bertz CT molecular complexity index is 900. The molecule has 0 bridgehead atoms. The summed E-state index contributed by atoms with van der Waals surface area (Å²) in [6.45, 7) is 1.39. The summed E-state index contributed by atoms with van der Waals surface area (Å²) in [5.41, 5.74) is 1.03. The van der Waals surface area contributed by atoms with E-state index in [0.29, 0.717) is 27.1 Å². The fourth-order valence-electron chi connectivity index (χ4n) is 2.24. The van der Waals surface area contributed by atoms with Crippen LogP contribution in [0.15, 0.2) is 46.9 Å². The largest absolute Gasteiger partial charge is 0.493 e. The second-order valence-corrected chi connectivity index (χ2v) is 6.67. The first-order valence-electron chi connectivity index (χ1n) is 8.27. The molecule has 0 fully saturated rings. The minimum Gasteiger partial charge on any atom is -0.493 e. The quantitative estimate of drug-likeness (QED) is 0.596. The molecule has 1 atom stereocenters. The van der Waals surface area contributed by atoms with Crippen LogP contribution in [0.3, 0.4) is 0 Å². The van der Waals surface area contributed by atoms with Crippen LogP contribution in [0.1, 0.15) is 18.1 Å². The molecule has 2 aromatic carbocycles. The Labute approximate surface area is 170 Å². The monoisotopic (exact) mass is 451 g/mol. The number of aliphatic carboxylic acids is 1. The van der Waals surface area contributed by atoms with E-state index < -0.39 is 17.9 Å². The van der Waals surface area contributed by atoms with Gasteiger partial charge >= 0.3 is 5.97 Å². The number of carbonyl (C=O) groups is 2. The van der Waals surface area contributed by atoms with Crippen LogP contribution in [0.25, 0.3) is 6.08 Å². The van der Waals surface area contributed by atoms with Gasteiger partial charge < -0.3 is 19.9 Å². The van der Waals surface area contributed by atoms with Crippen LogP contribution in [0.4, 0.5) is 4.39 Å². The number of benzene rings is 2. The summed E-state index contributed by atoms with van der Waals surface area (Å²) in [6, 6.07) is 8.66. The molecular weight excluding hydrogens is 433 g/mol. The average molecular weight is 452 g/mol. The lowest BCUT2D eigenvalue weighted by Crippen LogP contribution is -2.37. The molecule has 2 aromatic rings. The zero-order valence-electron chi connectivity index (χ0n) is 15.2. The first kappa shape index (κ1) is 21.4. The number of carbonyl (C=O) groups excluding carboxylic acids is 1. The number of nitrogens with one attached hydrogen (secondary N) is 1. The van der Waals surface area contributed by atoms with Gasteiger partial charge in [0.15, 0.2) is 11.5 Å². The topological polar surface area (TPSA) is 84.9 Å². The van der Waals surface area contributed by atoms with Crippen LogP contribution in [0.2, 0.25) is 0 Å². The molecule has 0 saturated carbocycles. The molecule has 0 aliphatic rings. The van der Waals surface area contributed by atoms with E-state index in [1.807, 2.05) is 0 Å². The molecule has 2 rings (SSSR count). The fourth-order valence-corrected chi connectivity index (χ4v) is 2.81. The van der Waals surface area contributed by atoms with Crippen LogP contribution in [0, 0.1) is 5.82 Å². The number of hydrogen-bond donors (Lipinski definition) is 2. The molecule has 0 aliphatic carbocycles. The first-order chi connectivity index (χ1) is 13.3. The smallest absolute Gasteiger partial charge is 0.325 e. The van der Waals surface area contributed by atoms with E-state index in [1.54, 1.807) is 30.3 Å². The van der Waals surface area contributed by atoms with Crippen molar-refractivity contribution in [1.29, 1.82) is 0 Å². The summed E-state index contributed by atoms with van der Waals surface area (Å²) in [5, 5.41) is 11.1. The Hall–Kier alpha value is -2.87. The van der Waals surface area contributed by atoms with Gasteiger partial charge in [-0.3, -0.25) is 9.59 Å². The average Bonchev–Trinajstić information content (AvgIpc) is 2.66. The molecule has 0 spiro atoms. The predicted molar refractivity (Wildman–Crippen MR) is 106 cm³/mol. The van der Waals surface area contributed by atoms with E-state index in [-0.39, 0.29) is 12.4 Å². The standard InChI is InChI=1S/C20H19BrFNO5/c1-12(20(25)26)23-18(24)8-7-13-9-15(21)19(17(10-13)27-2)28-11-14-5-3-4-6-16(14)22/h3-10,12H,11H2,1-2H3,(H,23,24)(H,25,26)/b8-7+/t12-/m1/s1. The van der Waals surface area contributed by atoms with Gasteiger partial charge in [-0.15, -0.1) is 0 Å². The van der Waals surface area contributed by atoms with Crippen molar-refractivity contribution in [3.8, 4) is 11.5 Å². The second kappa shape index (κ2) is 9.89. The molecule has 0 saturated heterocycles. The number of ether oxygens (including phenoxy) is 2. The lowest BCUT2D eigenvalue weighted by atomic mass is 10.1. The summed E-state index contributed by atoms with van der Waals surface area (Å²) in [7, 11) is 1.46. The SMILES string of the molecule is COc1cc(/C=C/C(=O)N[C@H](C)C(=O)O)cc(Br)c1OCc1ccccc1F. The van der Waals surface area contributed by atoms with E-state index in [1.165, 1.54) is 32.3 Å². The number of carboxylic acid groups (broad SMARTS) is 1. The molecule has 148 valence electrons. The summed E-state index contributed by atoms with van der Waals surface area (Å²) in [5.74, 6) is -1.23. The van der Waals surface area contributed by atoms with Gasteiger partial charge in [0.05, 0.1) is 11.6 Å². The number of methoxy groups -OCH3 is 1. The van der Waals surface area contributed by atoms with Crippen LogP contribution in [-0.2, 0) is 16.2 Å². The van der Waals surface area contributed by atoms with E-state index in [4.69, 9.17) is 14.6 Å². The summed E-state index contributed by atoms with van der Waals surface area (Å²) in [4.78, 5) is 22.5. The number of carboxylic acids is 1. The van der Waals surface area contributed by atoms with Crippen molar-refractivity contribution in [2.24, 2.45) is 0 Å². The molecule has 2 N–H and O–H groups in total. The third-order valence-corrected chi connectivity index (χ3v) is 4.33. The van der Waals surface area contributed by atoms with Gasteiger partial charge in [-0.05, 0) is 52.7 Å². The maximum absolute atomic E-state index is 13.7. The van der Waals surface area contributed by atoms with E-state index in [9.17, 15) is 14.0 Å². The van der Waals surface area contributed by atoms with Gasteiger partial charge in [0.25, 0.3) is 0 Å². The van der Waals surface area contributed by atoms with Crippen molar-refractivity contribution in [1.82, 2.24) is 5.32 Å². The number of rotatable bonds is 8.